The summed E-state index contributed by atoms with van der Waals surface area (Å²) in [7, 11) is 0. The Bertz CT molecular complexity index is 962. The summed E-state index contributed by atoms with van der Waals surface area (Å²) in [5.74, 6) is 0. The zero-order chi connectivity index (χ0) is 17.9. The van der Waals surface area contributed by atoms with Gasteiger partial charge in [0, 0.05) is 41.8 Å². The van der Waals surface area contributed by atoms with Gasteiger partial charge in [0.2, 0.25) is 0 Å². The highest BCUT2D eigenvalue weighted by Gasteiger charge is 2.20. The Morgan fingerprint density at radius 3 is 2.88 bits per heavy atom. The number of hydrogen-bond acceptors (Lipinski definition) is 1. The van der Waals surface area contributed by atoms with E-state index in [9.17, 15) is 4.79 Å². The average molecular weight is 366 g/mol. The van der Waals surface area contributed by atoms with E-state index < -0.39 is 0 Å². The molecule has 0 spiro atoms. The molecule has 2 aromatic carbocycles. The van der Waals surface area contributed by atoms with Crippen LogP contribution in [0, 0.1) is 0 Å². The van der Waals surface area contributed by atoms with Crippen LogP contribution >= 0.6 is 11.6 Å². The lowest BCUT2D eigenvalue weighted by atomic mass is 10.1. The Balaban J connectivity index is 1.31. The van der Waals surface area contributed by atoms with Gasteiger partial charge in [-0.15, -0.1) is 0 Å². The van der Waals surface area contributed by atoms with Crippen molar-refractivity contribution in [1.82, 2.24) is 15.2 Å². The predicted molar refractivity (Wildman–Crippen MR) is 106 cm³/mol. The predicted octanol–water partition coefficient (Wildman–Crippen LogP) is 4.47. The summed E-state index contributed by atoms with van der Waals surface area (Å²) in [4.78, 5) is 17.5. The summed E-state index contributed by atoms with van der Waals surface area (Å²) in [5, 5.41) is 4.85. The first-order valence-electron chi connectivity index (χ1n) is 8.73. The Kier molecular flexibility index (Phi) is 4.67. The van der Waals surface area contributed by atoms with Crippen LogP contribution in [0.3, 0.4) is 0 Å². The van der Waals surface area contributed by atoms with Gasteiger partial charge in [0.25, 0.3) is 0 Å². The van der Waals surface area contributed by atoms with Crippen molar-refractivity contribution in [3.8, 4) is 0 Å². The third kappa shape index (κ3) is 3.46. The molecule has 1 aliphatic heterocycles. The fourth-order valence-corrected chi connectivity index (χ4v) is 3.52. The van der Waals surface area contributed by atoms with E-state index in [1.807, 2.05) is 47.5 Å². The Labute approximate surface area is 157 Å². The van der Waals surface area contributed by atoms with Crippen molar-refractivity contribution >= 4 is 34.1 Å². The van der Waals surface area contributed by atoms with Crippen LogP contribution < -0.4 is 5.32 Å². The van der Waals surface area contributed by atoms with Gasteiger partial charge in [-0.2, -0.15) is 0 Å². The standard InChI is InChI=1S/C21H20ClN3O/c22-18-6-7-20-19(12-18)16(13-24-20)8-10-23-21(26)25-11-9-17(14-25)15-4-2-1-3-5-15/h1-7,9,12-13,24H,8,10-11,14H2,(H,23,26). The molecule has 0 bridgehead atoms. The number of hydrogen-bond donors (Lipinski definition) is 2. The summed E-state index contributed by atoms with van der Waals surface area (Å²) in [5.41, 5.74) is 4.60. The maximum Gasteiger partial charge on any atom is 0.317 e. The second-order valence-corrected chi connectivity index (χ2v) is 6.90. The number of H-pyrrole nitrogens is 1. The highest BCUT2D eigenvalue weighted by atomic mass is 35.5. The molecule has 3 aromatic rings. The monoisotopic (exact) mass is 365 g/mol. The Morgan fingerprint density at radius 1 is 1.19 bits per heavy atom. The van der Waals surface area contributed by atoms with E-state index in [1.165, 1.54) is 11.1 Å². The van der Waals surface area contributed by atoms with Gasteiger partial charge in [-0.25, -0.2) is 4.79 Å². The molecule has 2 N–H and O–H groups in total. The van der Waals surface area contributed by atoms with E-state index in [2.05, 4.69) is 28.5 Å². The minimum Gasteiger partial charge on any atom is -0.361 e. The largest absolute Gasteiger partial charge is 0.361 e. The minimum absolute atomic E-state index is 0.0231. The molecule has 0 unspecified atom stereocenters. The van der Waals surface area contributed by atoms with E-state index in [4.69, 9.17) is 11.6 Å². The summed E-state index contributed by atoms with van der Waals surface area (Å²) in [6.45, 7) is 1.90. The first-order chi connectivity index (χ1) is 12.7. The molecule has 0 fully saturated rings. The van der Waals surface area contributed by atoms with E-state index in [0.29, 0.717) is 19.6 Å². The fraction of sp³-hybridized carbons (Fsp3) is 0.190. The molecule has 0 saturated heterocycles. The number of urea groups is 1. The summed E-state index contributed by atoms with van der Waals surface area (Å²) in [6.07, 6.45) is 4.87. The molecular formula is C21H20ClN3O. The van der Waals surface area contributed by atoms with Gasteiger partial charge < -0.3 is 15.2 Å². The van der Waals surface area contributed by atoms with E-state index in [-0.39, 0.29) is 6.03 Å². The number of aromatic nitrogens is 1. The van der Waals surface area contributed by atoms with Crippen LogP contribution in [-0.2, 0) is 6.42 Å². The molecule has 0 aliphatic carbocycles. The molecule has 2 heterocycles. The maximum atomic E-state index is 12.4. The van der Waals surface area contributed by atoms with Crippen molar-refractivity contribution in [3.05, 3.63) is 77.0 Å². The van der Waals surface area contributed by atoms with Gasteiger partial charge in [-0.1, -0.05) is 48.0 Å². The number of carbonyl (C=O) groups is 1. The summed E-state index contributed by atoms with van der Waals surface area (Å²) >= 11 is 6.09. The van der Waals surface area contributed by atoms with Gasteiger partial charge in [0.05, 0.1) is 0 Å². The van der Waals surface area contributed by atoms with Crippen LogP contribution in [-0.4, -0.2) is 35.5 Å². The van der Waals surface area contributed by atoms with Gasteiger partial charge >= 0.3 is 6.03 Å². The van der Waals surface area contributed by atoms with Gasteiger partial charge in [-0.05, 0) is 41.3 Å². The average Bonchev–Trinajstić information content (AvgIpc) is 3.30. The molecule has 0 radical (unpaired) electrons. The summed E-state index contributed by atoms with van der Waals surface area (Å²) in [6, 6.07) is 16.0. The number of nitrogens with one attached hydrogen (secondary N) is 2. The topological polar surface area (TPSA) is 48.1 Å². The van der Waals surface area contributed by atoms with Crippen molar-refractivity contribution in [2.24, 2.45) is 0 Å². The lowest BCUT2D eigenvalue weighted by Crippen LogP contribution is -2.39. The fourth-order valence-electron chi connectivity index (χ4n) is 3.34. The highest BCUT2D eigenvalue weighted by Crippen LogP contribution is 2.23. The SMILES string of the molecule is O=C(NCCc1c[nH]c2ccc(Cl)cc12)N1CC=C(c2ccccc2)C1. The third-order valence-corrected chi connectivity index (χ3v) is 4.99. The lowest BCUT2D eigenvalue weighted by molar-refractivity contribution is 0.211. The number of aromatic amines is 1. The van der Waals surface area contributed by atoms with Gasteiger partial charge in [0.15, 0.2) is 0 Å². The van der Waals surface area contributed by atoms with Crippen molar-refractivity contribution < 1.29 is 4.79 Å². The van der Waals surface area contributed by atoms with Gasteiger partial charge in [-0.3, -0.25) is 0 Å². The molecule has 4 nitrogen and oxygen atoms in total. The Hall–Kier alpha value is -2.72. The number of carbonyl (C=O) groups excluding carboxylic acids is 1. The van der Waals surface area contributed by atoms with Crippen molar-refractivity contribution in [2.75, 3.05) is 19.6 Å². The van der Waals surface area contributed by atoms with Crippen LogP contribution in [0.15, 0.2) is 60.8 Å². The second-order valence-electron chi connectivity index (χ2n) is 6.46. The zero-order valence-electron chi connectivity index (χ0n) is 14.3. The number of amides is 2. The summed E-state index contributed by atoms with van der Waals surface area (Å²) < 4.78 is 0. The van der Waals surface area contributed by atoms with Gasteiger partial charge in [0.1, 0.15) is 0 Å². The van der Waals surface area contributed by atoms with E-state index in [1.54, 1.807) is 0 Å². The van der Waals surface area contributed by atoms with Crippen LogP contribution in [0.2, 0.25) is 5.02 Å². The number of rotatable bonds is 4. The smallest absolute Gasteiger partial charge is 0.317 e. The molecule has 4 rings (SSSR count). The zero-order valence-corrected chi connectivity index (χ0v) is 15.1. The molecule has 2 amide bonds. The molecule has 0 atom stereocenters. The second kappa shape index (κ2) is 7.26. The normalized spacial score (nSPS) is 13.9. The van der Waals surface area contributed by atoms with E-state index in [0.717, 1.165) is 27.9 Å². The maximum absolute atomic E-state index is 12.4. The van der Waals surface area contributed by atoms with Crippen LogP contribution in [0.4, 0.5) is 4.79 Å². The number of benzene rings is 2. The number of fused-ring (bicyclic) bond motifs is 1. The third-order valence-electron chi connectivity index (χ3n) is 4.75. The minimum atomic E-state index is -0.0231. The highest BCUT2D eigenvalue weighted by molar-refractivity contribution is 6.31. The number of nitrogens with zero attached hydrogens (tertiary/aromatic N) is 1. The molecule has 1 aliphatic rings. The van der Waals surface area contributed by atoms with Crippen molar-refractivity contribution in [2.45, 2.75) is 6.42 Å². The number of halogens is 1. The molecule has 5 heteroatoms. The van der Waals surface area contributed by atoms with Crippen LogP contribution in [0.1, 0.15) is 11.1 Å². The first kappa shape index (κ1) is 16.7. The molecule has 132 valence electrons. The van der Waals surface area contributed by atoms with Crippen molar-refractivity contribution in [1.29, 1.82) is 0 Å². The first-order valence-corrected chi connectivity index (χ1v) is 9.11. The molecule has 26 heavy (non-hydrogen) atoms. The molecule has 1 aromatic heterocycles. The Morgan fingerprint density at radius 2 is 2.04 bits per heavy atom. The van der Waals surface area contributed by atoms with Crippen LogP contribution in [0.25, 0.3) is 16.5 Å². The van der Waals surface area contributed by atoms with Crippen molar-refractivity contribution in [3.63, 3.8) is 0 Å². The lowest BCUT2D eigenvalue weighted by Gasteiger charge is -2.17. The van der Waals surface area contributed by atoms with E-state index >= 15 is 0 Å². The molecule has 0 saturated carbocycles. The molecular weight excluding hydrogens is 346 g/mol. The quantitative estimate of drug-likeness (QED) is 0.704. The van der Waals surface area contributed by atoms with Crippen LogP contribution in [0.5, 0.6) is 0 Å².